The fourth-order valence-corrected chi connectivity index (χ4v) is 4.04. The third kappa shape index (κ3) is 6.27. The van der Waals surface area contributed by atoms with Gasteiger partial charge >= 0.3 is 0 Å². The van der Waals surface area contributed by atoms with Gasteiger partial charge in [0.05, 0.1) is 12.6 Å². The van der Waals surface area contributed by atoms with Crippen LogP contribution in [0, 0.1) is 11.8 Å². The fourth-order valence-electron chi connectivity index (χ4n) is 4.04. The first kappa shape index (κ1) is 23.2. The van der Waals surface area contributed by atoms with E-state index in [4.69, 9.17) is 4.74 Å². The molecule has 0 radical (unpaired) electrons. The summed E-state index contributed by atoms with van der Waals surface area (Å²) >= 11 is 0. The molecule has 31 heavy (non-hydrogen) atoms. The summed E-state index contributed by atoms with van der Waals surface area (Å²) in [6, 6.07) is 6.21. The first-order valence-corrected chi connectivity index (χ1v) is 11.1. The van der Waals surface area contributed by atoms with Crippen LogP contribution in [0.2, 0.25) is 0 Å². The van der Waals surface area contributed by atoms with E-state index >= 15 is 0 Å². The van der Waals surface area contributed by atoms with Gasteiger partial charge in [-0.3, -0.25) is 14.4 Å². The van der Waals surface area contributed by atoms with Crippen molar-refractivity contribution in [2.45, 2.75) is 39.3 Å². The van der Waals surface area contributed by atoms with E-state index in [0.717, 1.165) is 31.9 Å². The normalized spacial score (nSPS) is 22.8. The lowest BCUT2D eigenvalue weighted by Gasteiger charge is -2.30. The van der Waals surface area contributed by atoms with Crippen molar-refractivity contribution in [2.24, 2.45) is 11.8 Å². The lowest BCUT2D eigenvalue weighted by Crippen LogP contribution is -2.56. The molecular formula is C23H34N4O4. The van der Waals surface area contributed by atoms with Gasteiger partial charge in [-0.1, -0.05) is 26.8 Å². The van der Waals surface area contributed by atoms with Crippen LogP contribution in [0.15, 0.2) is 24.3 Å². The first-order valence-electron chi connectivity index (χ1n) is 11.1. The molecule has 2 saturated heterocycles. The molecule has 0 aliphatic carbocycles. The number of ketones is 1. The van der Waals surface area contributed by atoms with E-state index in [-0.39, 0.29) is 36.0 Å². The Hall–Kier alpha value is -2.45. The second kappa shape index (κ2) is 10.7. The summed E-state index contributed by atoms with van der Waals surface area (Å²) in [5, 5.41) is 9.06. The van der Waals surface area contributed by atoms with E-state index in [1.807, 2.05) is 39.0 Å². The highest BCUT2D eigenvalue weighted by Crippen LogP contribution is 2.18. The maximum Gasteiger partial charge on any atom is 0.252 e. The third-order valence-electron chi connectivity index (χ3n) is 5.76. The minimum atomic E-state index is -0.710. The van der Waals surface area contributed by atoms with Crippen molar-refractivity contribution in [1.29, 1.82) is 0 Å². The monoisotopic (exact) mass is 430 g/mol. The highest BCUT2D eigenvalue weighted by Gasteiger charge is 2.33. The third-order valence-corrected chi connectivity index (χ3v) is 5.76. The average Bonchev–Trinajstić information content (AvgIpc) is 2.76. The van der Waals surface area contributed by atoms with Crippen LogP contribution in [0.4, 0.5) is 5.69 Å². The molecular weight excluding hydrogens is 396 g/mol. The Morgan fingerprint density at radius 3 is 2.68 bits per heavy atom. The average molecular weight is 431 g/mol. The number of hydrogen-bond donors (Lipinski definition) is 3. The van der Waals surface area contributed by atoms with E-state index < -0.39 is 12.1 Å². The van der Waals surface area contributed by atoms with E-state index in [1.54, 1.807) is 6.07 Å². The highest BCUT2D eigenvalue weighted by molar-refractivity contribution is 5.99. The van der Waals surface area contributed by atoms with Crippen LogP contribution in [-0.2, 0) is 14.3 Å². The van der Waals surface area contributed by atoms with Gasteiger partial charge in [0.1, 0.15) is 12.6 Å². The van der Waals surface area contributed by atoms with Crippen molar-refractivity contribution >= 4 is 23.3 Å². The Morgan fingerprint density at radius 2 is 2.00 bits per heavy atom. The van der Waals surface area contributed by atoms with Gasteiger partial charge in [0, 0.05) is 43.3 Å². The van der Waals surface area contributed by atoms with Gasteiger partial charge in [0.15, 0.2) is 5.78 Å². The van der Waals surface area contributed by atoms with Gasteiger partial charge in [0.2, 0.25) is 5.91 Å². The number of carbonyl (C=O) groups is 3. The molecule has 0 aromatic heterocycles. The molecule has 1 aromatic carbocycles. The van der Waals surface area contributed by atoms with Crippen molar-refractivity contribution < 1.29 is 19.1 Å². The number of benzene rings is 1. The van der Waals surface area contributed by atoms with Gasteiger partial charge < -0.3 is 25.6 Å². The van der Waals surface area contributed by atoms with Crippen LogP contribution in [0.5, 0.6) is 0 Å². The zero-order valence-corrected chi connectivity index (χ0v) is 18.6. The lowest BCUT2D eigenvalue weighted by molar-refractivity contribution is -0.137. The van der Waals surface area contributed by atoms with E-state index in [2.05, 4.69) is 20.9 Å². The highest BCUT2D eigenvalue weighted by atomic mass is 16.5. The van der Waals surface area contributed by atoms with Crippen molar-refractivity contribution in [3.63, 3.8) is 0 Å². The summed E-state index contributed by atoms with van der Waals surface area (Å²) < 4.78 is 5.24. The molecule has 3 N–H and O–H groups in total. The van der Waals surface area contributed by atoms with Crippen LogP contribution in [0.1, 0.15) is 37.6 Å². The Bertz CT molecular complexity index is 792. The topological polar surface area (TPSA) is 99.8 Å². The predicted molar refractivity (Wildman–Crippen MR) is 119 cm³/mol. The lowest BCUT2D eigenvalue weighted by atomic mass is 9.95. The molecule has 0 bridgehead atoms. The number of hydrogen-bond acceptors (Lipinski definition) is 6. The van der Waals surface area contributed by atoms with Crippen LogP contribution < -0.4 is 20.9 Å². The largest absolute Gasteiger partial charge is 0.373 e. The number of amides is 2. The van der Waals surface area contributed by atoms with E-state index in [1.165, 1.54) is 0 Å². The molecule has 2 amide bonds. The molecule has 1 aromatic rings. The van der Waals surface area contributed by atoms with Crippen LogP contribution >= 0.6 is 0 Å². The van der Waals surface area contributed by atoms with E-state index in [9.17, 15) is 14.4 Å². The van der Waals surface area contributed by atoms with Crippen molar-refractivity contribution in [1.82, 2.24) is 16.0 Å². The maximum absolute atomic E-state index is 13.0. The standard InChI is InChI=1S/C23H34N4O4/c1-15(2)11-19(23(30)26-21-16(3)13-31-14-20(21)28)25-22(29)17-5-4-6-18(12-17)27-9-7-24-8-10-27/h4-6,12,15-16,19,21,24H,7-11,13-14H2,1-3H3,(H,25,29)(H,26,30)/t16-,19+,21+/m1/s1. The molecule has 2 aliphatic rings. The number of piperazine rings is 1. The second-order valence-corrected chi connectivity index (χ2v) is 8.89. The van der Waals surface area contributed by atoms with Gasteiger partial charge in [-0.25, -0.2) is 0 Å². The molecule has 3 rings (SSSR count). The summed E-state index contributed by atoms with van der Waals surface area (Å²) in [7, 11) is 0. The maximum atomic E-state index is 13.0. The summed E-state index contributed by atoms with van der Waals surface area (Å²) in [6.07, 6.45) is 0.487. The molecule has 8 heteroatoms. The first-order chi connectivity index (χ1) is 14.8. The number of carbonyl (C=O) groups excluding carboxylic acids is 3. The molecule has 3 atom stereocenters. The van der Waals surface area contributed by atoms with Crippen LogP contribution in [-0.4, -0.2) is 69.1 Å². The van der Waals surface area contributed by atoms with Crippen molar-refractivity contribution in [3.8, 4) is 0 Å². The fraction of sp³-hybridized carbons (Fsp3) is 0.609. The van der Waals surface area contributed by atoms with Gasteiger partial charge in [-0.05, 0) is 30.5 Å². The Kier molecular flexibility index (Phi) is 8.03. The Morgan fingerprint density at radius 1 is 1.26 bits per heavy atom. The summed E-state index contributed by atoms with van der Waals surface area (Å²) in [5.74, 6) is -0.649. The Labute approximate surface area is 184 Å². The number of rotatable bonds is 7. The summed E-state index contributed by atoms with van der Waals surface area (Å²) in [4.78, 5) is 40.4. The molecule has 2 heterocycles. The number of anilines is 1. The number of nitrogens with zero attached hydrogens (tertiary/aromatic N) is 1. The number of ether oxygens (including phenoxy) is 1. The van der Waals surface area contributed by atoms with Crippen molar-refractivity contribution in [2.75, 3.05) is 44.3 Å². The second-order valence-electron chi connectivity index (χ2n) is 8.89. The summed E-state index contributed by atoms with van der Waals surface area (Å²) in [6.45, 7) is 9.92. The molecule has 8 nitrogen and oxygen atoms in total. The minimum Gasteiger partial charge on any atom is -0.373 e. The molecule has 0 saturated carbocycles. The molecule has 0 spiro atoms. The number of nitrogens with one attached hydrogen (secondary N) is 3. The zero-order chi connectivity index (χ0) is 22.4. The molecule has 2 aliphatic heterocycles. The molecule has 170 valence electrons. The molecule has 2 fully saturated rings. The quantitative estimate of drug-likeness (QED) is 0.596. The minimum absolute atomic E-state index is 0.00923. The zero-order valence-electron chi connectivity index (χ0n) is 18.6. The molecule has 0 unspecified atom stereocenters. The SMILES string of the molecule is CC(C)C[C@H](NC(=O)c1cccc(N2CCNCC2)c1)C(=O)N[C@@H]1C(=O)COC[C@H]1C. The predicted octanol–water partition coefficient (Wildman–Crippen LogP) is 0.961. The van der Waals surface area contributed by atoms with E-state index in [0.29, 0.717) is 18.6 Å². The Balaban J connectivity index is 1.69. The van der Waals surface area contributed by atoms with Gasteiger partial charge in [0.25, 0.3) is 5.91 Å². The van der Waals surface area contributed by atoms with Crippen molar-refractivity contribution in [3.05, 3.63) is 29.8 Å². The number of Topliss-reactive ketones (excluding diaryl/α,β-unsaturated/α-hetero) is 1. The van der Waals surface area contributed by atoms with Gasteiger partial charge in [-0.2, -0.15) is 0 Å². The van der Waals surface area contributed by atoms with Crippen LogP contribution in [0.25, 0.3) is 0 Å². The smallest absolute Gasteiger partial charge is 0.252 e. The van der Waals surface area contributed by atoms with Crippen LogP contribution in [0.3, 0.4) is 0 Å². The van der Waals surface area contributed by atoms with Gasteiger partial charge in [-0.15, -0.1) is 0 Å². The summed E-state index contributed by atoms with van der Waals surface area (Å²) in [5.41, 5.74) is 1.52.